The molecule has 17 heteroatoms. The molecule has 4 aromatic rings. The Labute approximate surface area is 409 Å². The largest absolute Gasteiger partial charge is 1.00 e. The Hall–Kier alpha value is -5.65. The molecule has 344 valence electrons. The van der Waals surface area contributed by atoms with Crippen molar-refractivity contribution in [1.29, 1.82) is 0 Å². The minimum atomic E-state index is -0.495. The second kappa shape index (κ2) is 22.2. The van der Waals surface area contributed by atoms with E-state index in [2.05, 4.69) is 56.5 Å². The van der Waals surface area contributed by atoms with Gasteiger partial charge < -0.3 is 45.8 Å². The van der Waals surface area contributed by atoms with Gasteiger partial charge in [0.15, 0.2) is 0 Å². The number of hydrazine groups is 1. The van der Waals surface area contributed by atoms with Crippen LogP contribution in [0.4, 0.5) is 17.1 Å². The zero-order valence-corrected chi connectivity index (χ0v) is 41.1. The number of rotatable bonds is 17. The summed E-state index contributed by atoms with van der Waals surface area (Å²) in [6, 6.07) is 18.0. The summed E-state index contributed by atoms with van der Waals surface area (Å²) >= 11 is 0. The number of nitrogens with two attached hydrogens (primary N) is 1. The van der Waals surface area contributed by atoms with Gasteiger partial charge in [-0.3, -0.25) is 40.0 Å². The quantitative estimate of drug-likeness (QED) is 0.0352. The van der Waals surface area contributed by atoms with Crippen molar-refractivity contribution < 1.29 is 58.3 Å². The average molecular weight is 909 g/mol. The summed E-state index contributed by atoms with van der Waals surface area (Å²) in [5.74, 6) is 5.76. The summed E-state index contributed by atoms with van der Waals surface area (Å²) in [4.78, 5) is 77.5. The summed E-state index contributed by atoms with van der Waals surface area (Å²) < 4.78 is 6.10. The Morgan fingerprint density at radius 2 is 1.71 bits per heavy atom. The maximum atomic E-state index is 13.2. The number of ether oxygens (including phenoxy) is 1. The first kappa shape index (κ1) is 49.8. The third-order valence-electron chi connectivity index (χ3n) is 12.8. The molecule has 4 N–H and O–H groups in total. The van der Waals surface area contributed by atoms with Crippen LogP contribution in [0.15, 0.2) is 67.0 Å². The third kappa shape index (κ3) is 11.3. The van der Waals surface area contributed by atoms with Crippen molar-refractivity contribution in [2.24, 2.45) is 5.84 Å². The number of nitrogens with one attached hydrogen (secondary N) is 2. The average Bonchev–Trinajstić information content (AvgIpc) is 3.76. The Balaban J connectivity index is 0.00000720. The normalized spacial score (nSPS) is 16.5. The van der Waals surface area contributed by atoms with Crippen molar-refractivity contribution >= 4 is 63.6 Å². The number of benzene rings is 3. The molecule has 2 saturated heterocycles. The number of imide groups is 1. The molecule has 4 heterocycles. The first-order chi connectivity index (χ1) is 31.3. The monoisotopic (exact) mass is 908 g/mol. The van der Waals surface area contributed by atoms with Gasteiger partial charge in [0.1, 0.15) is 17.5 Å². The molecule has 0 bridgehead atoms. The van der Waals surface area contributed by atoms with Crippen LogP contribution in [0.25, 0.3) is 27.6 Å². The summed E-state index contributed by atoms with van der Waals surface area (Å²) in [7, 11) is 8.68. The van der Waals surface area contributed by atoms with Gasteiger partial charge in [0.05, 0.1) is 18.5 Å². The van der Waals surface area contributed by atoms with Crippen LogP contribution in [-0.2, 0) is 25.6 Å². The number of H-pyrrole nitrogens is 1. The van der Waals surface area contributed by atoms with E-state index < -0.39 is 6.04 Å². The number of hydrogen-bond acceptors (Lipinski definition) is 11. The first-order valence-electron chi connectivity index (χ1n) is 22.3. The van der Waals surface area contributed by atoms with Crippen molar-refractivity contribution in [2.75, 3.05) is 95.8 Å². The molecule has 3 aliphatic heterocycles. The van der Waals surface area contributed by atoms with Crippen LogP contribution in [0, 0.1) is 6.58 Å². The Morgan fingerprint density at radius 3 is 2.41 bits per heavy atom. The van der Waals surface area contributed by atoms with Crippen molar-refractivity contribution in [3.8, 4) is 16.9 Å². The van der Waals surface area contributed by atoms with E-state index in [4.69, 9.17) is 17.2 Å². The minimum Gasteiger partial charge on any atom is -0.496 e. The number of aromatic amines is 1. The van der Waals surface area contributed by atoms with Gasteiger partial charge in [-0.2, -0.15) is 6.20 Å². The van der Waals surface area contributed by atoms with Crippen LogP contribution in [0.5, 0.6) is 5.75 Å². The second-order valence-corrected chi connectivity index (χ2v) is 17.3. The number of allylic oxidation sites excluding steroid dienone is 1. The van der Waals surface area contributed by atoms with Gasteiger partial charge >= 0.3 is 29.6 Å². The number of amides is 5. The molecule has 0 aliphatic carbocycles. The van der Waals surface area contributed by atoms with Crippen molar-refractivity contribution in [3.63, 3.8) is 0 Å². The Morgan fingerprint density at radius 1 is 0.939 bits per heavy atom. The fraction of sp³-hybridized carbons (Fsp3) is 0.408. The smallest absolute Gasteiger partial charge is 0.496 e. The molecule has 0 saturated carbocycles. The predicted octanol–water partition coefficient (Wildman–Crippen LogP) is 1.61. The number of carbonyl (C=O) groups is 5. The van der Waals surface area contributed by atoms with Gasteiger partial charge in [-0.15, -0.1) is 0 Å². The maximum Gasteiger partial charge on any atom is 1.00 e. The standard InChI is InChI=1S/C49H61N10O6.Na/c1-7-59(50)21-18-47(62)58-20-9-11-34(31-58)35-27-38(39-30-41(49(64)53(2)3)51-40(39)28-35)37-14-13-36(29-45(37)65-6)57-24-22-56(23-25-57)19-8-10-33-12-15-42(44(26-33)54(4)32-60)55(5)43-16-17-46(61)52-48(43)63;/h1,7,12-15,26-32,43,51H,8-11,16-25,50H2,2-6H3,(H,52,61,63);/q-1;+1. The third-order valence-corrected chi connectivity index (χ3v) is 12.8. The Kier molecular flexibility index (Phi) is 16.8. The minimum absolute atomic E-state index is 0. The van der Waals surface area contributed by atoms with E-state index >= 15 is 0 Å². The summed E-state index contributed by atoms with van der Waals surface area (Å²) in [5, 5.41) is 4.62. The van der Waals surface area contributed by atoms with Gasteiger partial charge in [-0.25, -0.2) is 0 Å². The van der Waals surface area contributed by atoms with Crippen LogP contribution in [0.1, 0.15) is 60.1 Å². The first-order valence-corrected chi connectivity index (χ1v) is 22.3. The number of likely N-dealkylation sites (N-methyl/N-ethyl adjacent to an activating group) is 1. The van der Waals surface area contributed by atoms with Gasteiger partial charge in [-0.05, 0) is 103 Å². The number of carbonyl (C=O) groups excluding carboxylic acids is 5. The molecule has 3 aromatic carbocycles. The maximum absolute atomic E-state index is 13.2. The fourth-order valence-electron chi connectivity index (χ4n) is 9.03. The molecule has 1 unspecified atom stereocenters. The molecule has 66 heavy (non-hydrogen) atoms. The summed E-state index contributed by atoms with van der Waals surface area (Å²) in [5.41, 5.74) is 8.74. The number of anilines is 3. The van der Waals surface area contributed by atoms with E-state index in [-0.39, 0.29) is 66.0 Å². The van der Waals surface area contributed by atoms with Crippen LogP contribution in [0.2, 0.25) is 0 Å². The molecule has 1 aromatic heterocycles. The SMILES string of the molecule is [CH-]=CN(N)CCC(=O)N1C=C(c2cc(-c3ccc(N4CCN(CCCc5ccc(N(C)C6CCC(=O)NC6=O)c(N(C)C=O)c5)CC4)cc3OC)c3cc(C(=O)N(C)C)[nH]c3c2)CCC1.[Na+]. The summed E-state index contributed by atoms with van der Waals surface area (Å²) in [6.45, 7) is 10.9. The van der Waals surface area contributed by atoms with E-state index in [1.807, 2.05) is 36.3 Å². The molecule has 0 spiro atoms. The fourth-order valence-corrected chi connectivity index (χ4v) is 9.03. The number of methoxy groups -OCH3 is 1. The number of hydrogen-bond donors (Lipinski definition) is 3. The van der Waals surface area contributed by atoms with Crippen LogP contribution in [-0.4, -0.2) is 142 Å². The van der Waals surface area contributed by atoms with Gasteiger partial charge in [-0.1, -0.05) is 6.07 Å². The molecule has 0 radical (unpaired) electrons. The molecule has 3 aliphatic rings. The topological polar surface area (TPSA) is 171 Å². The van der Waals surface area contributed by atoms with Crippen LogP contribution in [0.3, 0.4) is 0 Å². The van der Waals surface area contributed by atoms with E-state index in [9.17, 15) is 24.0 Å². The van der Waals surface area contributed by atoms with Crippen LogP contribution < -0.4 is 60.2 Å². The van der Waals surface area contributed by atoms with E-state index in [1.165, 1.54) is 16.1 Å². The van der Waals surface area contributed by atoms with Crippen LogP contribution >= 0.6 is 0 Å². The molecule has 16 nitrogen and oxygen atoms in total. The molecule has 7 rings (SSSR count). The number of piperazine rings is 1. The molecular formula is C49H61N10NaO6. The number of nitrogens with zero attached hydrogens (tertiary/aromatic N) is 7. The zero-order valence-electron chi connectivity index (χ0n) is 39.1. The van der Waals surface area contributed by atoms with E-state index in [0.29, 0.717) is 30.9 Å². The molecule has 2 fully saturated rings. The predicted molar refractivity (Wildman–Crippen MR) is 254 cm³/mol. The van der Waals surface area contributed by atoms with Gasteiger partial charge in [0.2, 0.25) is 24.1 Å². The van der Waals surface area contributed by atoms with Crippen molar-refractivity contribution in [2.45, 2.75) is 51.0 Å². The summed E-state index contributed by atoms with van der Waals surface area (Å²) in [6.07, 6.45) is 8.26. The van der Waals surface area contributed by atoms with Gasteiger partial charge in [0.25, 0.3) is 5.91 Å². The van der Waals surface area contributed by atoms with E-state index in [1.54, 1.807) is 38.1 Å². The van der Waals surface area contributed by atoms with Crippen molar-refractivity contribution in [3.05, 3.63) is 90.4 Å². The number of piperidine rings is 1. The number of fused-ring (bicyclic) bond motifs is 1. The number of aromatic nitrogens is 1. The zero-order chi connectivity index (χ0) is 46.4. The number of aryl methyl sites for hydroxylation is 1. The van der Waals surface area contributed by atoms with Crippen molar-refractivity contribution in [1.82, 2.24) is 30.0 Å². The Bertz CT molecular complexity index is 2480. The van der Waals surface area contributed by atoms with E-state index in [0.717, 1.165) is 121 Å². The molecular weight excluding hydrogens is 848 g/mol. The molecule has 1 atom stereocenters. The van der Waals surface area contributed by atoms with Gasteiger partial charge in [0, 0.05) is 115 Å². The molecule has 5 amide bonds. The second-order valence-electron chi connectivity index (χ2n) is 17.3.